The topological polar surface area (TPSA) is 75.4 Å². The zero-order valence-electron chi connectivity index (χ0n) is 15.6. The van der Waals surface area contributed by atoms with E-state index in [0.29, 0.717) is 11.8 Å². The van der Waals surface area contributed by atoms with Crippen molar-refractivity contribution >= 4 is 24.2 Å². The summed E-state index contributed by atoms with van der Waals surface area (Å²) in [7, 11) is 0. The molecule has 0 radical (unpaired) electrons. The van der Waals surface area contributed by atoms with Crippen molar-refractivity contribution in [3.8, 4) is 0 Å². The number of nitrogens with two attached hydrogens (primary N) is 1. The summed E-state index contributed by atoms with van der Waals surface area (Å²) in [4.78, 5) is 27.3. The Morgan fingerprint density at radius 2 is 1.72 bits per heavy atom. The molecule has 6 heteroatoms. The molecule has 2 amide bonds. The van der Waals surface area contributed by atoms with Crippen molar-refractivity contribution in [3.05, 3.63) is 0 Å². The van der Waals surface area contributed by atoms with Crippen LogP contribution in [-0.4, -0.2) is 41.4 Å². The van der Waals surface area contributed by atoms with E-state index in [0.717, 1.165) is 45.1 Å². The molecule has 1 saturated heterocycles. The molecule has 3 N–H and O–H groups in total. The zero-order chi connectivity index (χ0) is 17.3. The Balaban J connectivity index is 0.00000225. The second-order valence-electron chi connectivity index (χ2n) is 8.30. The number of rotatable bonds is 3. The van der Waals surface area contributed by atoms with Gasteiger partial charge in [-0.05, 0) is 70.6 Å². The third-order valence-corrected chi connectivity index (χ3v) is 6.60. The van der Waals surface area contributed by atoms with Gasteiger partial charge in [-0.2, -0.15) is 0 Å². The summed E-state index contributed by atoms with van der Waals surface area (Å²) in [6.45, 7) is 4.76. The molecule has 0 aromatic carbocycles. The third kappa shape index (κ3) is 4.48. The smallest absolute Gasteiger partial charge is 0.245 e. The molecule has 4 unspecified atom stereocenters. The van der Waals surface area contributed by atoms with Crippen LogP contribution in [0.5, 0.6) is 0 Å². The Morgan fingerprint density at radius 3 is 2.32 bits per heavy atom. The van der Waals surface area contributed by atoms with Crippen LogP contribution in [0.4, 0.5) is 0 Å². The van der Waals surface area contributed by atoms with Gasteiger partial charge in [0.25, 0.3) is 0 Å². The molecule has 25 heavy (non-hydrogen) atoms. The van der Waals surface area contributed by atoms with Crippen molar-refractivity contribution in [2.24, 2.45) is 23.5 Å². The molecule has 144 valence electrons. The van der Waals surface area contributed by atoms with E-state index in [1.807, 2.05) is 11.8 Å². The first-order valence-corrected chi connectivity index (χ1v) is 9.83. The molecule has 5 nitrogen and oxygen atoms in total. The van der Waals surface area contributed by atoms with Crippen LogP contribution in [0.3, 0.4) is 0 Å². The quantitative estimate of drug-likeness (QED) is 0.800. The standard InChI is InChI=1S/C19H33N3O2.ClH/c1-12-6-3-4-9-22(12)19(24)13(2)21-18(23)16-10-14-7-5-8-15(11-16)17(14)20;/h12-17H,3-11,20H2,1-2H3,(H,21,23);1H. The highest BCUT2D eigenvalue weighted by atomic mass is 35.5. The van der Waals surface area contributed by atoms with Gasteiger partial charge in [-0.25, -0.2) is 0 Å². The van der Waals surface area contributed by atoms with Crippen LogP contribution in [0.2, 0.25) is 0 Å². The number of piperidine rings is 1. The maximum Gasteiger partial charge on any atom is 0.245 e. The lowest BCUT2D eigenvalue weighted by Crippen LogP contribution is -2.54. The molecule has 0 spiro atoms. The molecule has 2 saturated carbocycles. The fourth-order valence-corrected chi connectivity index (χ4v) is 5.07. The number of likely N-dealkylation sites (tertiary alicyclic amines) is 1. The van der Waals surface area contributed by atoms with Gasteiger partial charge in [0.05, 0.1) is 0 Å². The third-order valence-electron chi connectivity index (χ3n) is 6.60. The lowest BCUT2D eigenvalue weighted by molar-refractivity contribution is -0.140. The van der Waals surface area contributed by atoms with Gasteiger partial charge in [-0.3, -0.25) is 9.59 Å². The molecular formula is C19H34ClN3O2. The molecule has 1 heterocycles. The van der Waals surface area contributed by atoms with Crippen LogP contribution in [0.1, 0.15) is 65.2 Å². The van der Waals surface area contributed by atoms with Crippen LogP contribution in [0, 0.1) is 17.8 Å². The summed E-state index contributed by atoms with van der Waals surface area (Å²) in [5.41, 5.74) is 6.32. The lowest BCUT2D eigenvalue weighted by atomic mass is 9.65. The number of hydrogen-bond donors (Lipinski definition) is 2. The molecule has 3 fully saturated rings. The predicted molar refractivity (Wildman–Crippen MR) is 101 cm³/mol. The summed E-state index contributed by atoms with van der Waals surface area (Å²) in [5.74, 6) is 1.14. The summed E-state index contributed by atoms with van der Waals surface area (Å²) in [5, 5.41) is 3.00. The number of halogens is 1. The summed E-state index contributed by atoms with van der Waals surface area (Å²) in [6, 6.07) is 0.141. The van der Waals surface area contributed by atoms with Gasteiger partial charge in [0.1, 0.15) is 6.04 Å². The minimum absolute atomic E-state index is 0. The molecule has 1 aliphatic heterocycles. The van der Waals surface area contributed by atoms with Gasteiger partial charge >= 0.3 is 0 Å². The van der Waals surface area contributed by atoms with Gasteiger partial charge in [-0.15, -0.1) is 12.4 Å². The maximum atomic E-state index is 12.7. The van der Waals surface area contributed by atoms with Crippen molar-refractivity contribution < 1.29 is 9.59 Å². The van der Waals surface area contributed by atoms with E-state index >= 15 is 0 Å². The first kappa shape index (κ1) is 20.5. The average Bonchev–Trinajstić information content (AvgIpc) is 2.54. The monoisotopic (exact) mass is 371 g/mol. The molecule has 2 aliphatic carbocycles. The minimum atomic E-state index is -0.423. The fraction of sp³-hybridized carbons (Fsp3) is 0.895. The number of carbonyl (C=O) groups is 2. The minimum Gasteiger partial charge on any atom is -0.344 e. The van der Waals surface area contributed by atoms with E-state index in [2.05, 4.69) is 12.2 Å². The maximum absolute atomic E-state index is 12.7. The van der Waals surface area contributed by atoms with E-state index in [4.69, 9.17) is 5.73 Å². The van der Waals surface area contributed by atoms with Crippen molar-refractivity contribution in [2.45, 2.75) is 83.3 Å². The van der Waals surface area contributed by atoms with Crippen LogP contribution in [0.15, 0.2) is 0 Å². The molecule has 0 aromatic rings. The second kappa shape index (κ2) is 8.72. The summed E-state index contributed by atoms with van der Waals surface area (Å²) >= 11 is 0. The highest BCUT2D eigenvalue weighted by Crippen LogP contribution is 2.41. The Kier molecular flexibility index (Phi) is 7.15. The van der Waals surface area contributed by atoms with Crippen LogP contribution < -0.4 is 11.1 Å². The van der Waals surface area contributed by atoms with E-state index in [-0.39, 0.29) is 42.2 Å². The van der Waals surface area contributed by atoms with E-state index in [9.17, 15) is 9.59 Å². The van der Waals surface area contributed by atoms with Gasteiger partial charge in [0, 0.05) is 24.5 Å². The number of hydrogen-bond acceptors (Lipinski definition) is 3. The second-order valence-corrected chi connectivity index (χ2v) is 8.30. The Labute approximate surface area is 157 Å². The largest absolute Gasteiger partial charge is 0.344 e. The molecule has 0 aromatic heterocycles. The normalized spacial score (nSPS) is 36.1. The Bertz CT molecular complexity index is 473. The van der Waals surface area contributed by atoms with E-state index in [1.54, 1.807) is 0 Å². The predicted octanol–water partition coefficient (Wildman–Crippen LogP) is 2.47. The number of carbonyl (C=O) groups excluding carboxylic acids is 2. The SMILES string of the molecule is CC(NC(=O)C1CC2CCCC(C1)C2N)C(=O)N1CCCCC1C.Cl. The van der Waals surface area contributed by atoms with Gasteiger partial charge in [0.2, 0.25) is 11.8 Å². The zero-order valence-corrected chi connectivity index (χ0v) is 16.4. The molecule has 4 atom stereocenters. The first-order chi connectivity index (χ1) is 11.5. The first-order valence-electron chi connectivity index (χ1n) is 9.83. The van der Waals surface area contributed by atoms with Crippen LogP contribution >= 0.6 is 12.4 Å². The lowest BCUT2D eigenvalue weighted by Gasteiger charge is -2.43. The fourth-order valence-electron chi connectivity index (χ4n) is 5.07. The molecular weight excluding hydrogens is 338 g/mol. The van der Waals surface area contributed by atoms with E-state index < -0.39 is 6.04 Å². The summed E-state index contributed by atoms with van der Waals surface area (Å²) in [6.07, 6.45) is 8.67. The molecule has 3 rings (SSSR count). The number of nitrogens with zero attached hydrogens (tertiary/aromatic N) is 1. The number of fused-ring (bicyclic) bond motifs is 2. The highest BCUT2D eigenvalue weighted by molar-refractivity contribution is 5.88. The van der Waals surface area contributed by atoms with Crippen molar-refractivity contribution in [3.63, 3.8) is 0 Å². The van der Waals surface area contributed by atoms with Gasteiger partial charge in [0.15, 0.2) is 0 Å². The number of amides is 2. The highest BCUT2D eigenvalue weighted by Gasteiger charge is 2.41. The van der Waals surface area contributed by atoms with Gasteiger partial charge < -0.3 is 16.0 Å². The van der Waals surface area contributed by atoms with Crippen molar-refractivity contribution in [1.82, 2.24) is 10.2 Å². The van der Waals surface area contributed by atoms with Crippen molar-refractivity contribution in [1.29, 1.82) is 0 Å². The molecule has 2 bridgehead atoms. The van der Waals surface area contributed by atoms with Gasteiger partial charge in [-0.1, -0.05) is 6.42 Å². The average molecular weight is 372 g/mol. The Morgan fingerprint density at radius 1 is 1.08 bits per heavy atom. The molecule has 3 aliphatic rings. The van der Waals surface area contributed by atoms with Crippen molar-refractivity contribution in [2.75, 3.05) is 6.54 Å². The van der Waals surface area contributed by atoms with Crippen LogP contribution in [0.25, 0.3) is 0 Å². The van der Waals surface area contributed by atoms with E-state index in [1.165, 1.54) is 12.8 Å². The summed E-state index contributed by atoms with van der Waals surface area (Å²) < 4.78 is 0. The van der Waals surface area contributed by atoms with Crippen LogP contribution in [-0.2, 0) is 9.59 Å². The number of nitrogens with one attached hydrogen (secondary N) is 1. The Hall–Kier alpha value is -0.810.